The zero-order valence-corrected chi connectivity index (χ0v) is 15.4. The summed E-state index contributed by atoms with van der Waals surface area (Å²) in [6, 6.07) is 0. The summed E-state index contributed by atoms with van der Waals surface area (Å²) >= 11 is 0. The van der Waals surface area contributed by atoms with Crippen molar-refractivity contribution in [2.24, 2.45) is 29.1 Å². The fraction of sp³-hybridized carbons (Fsp3) is 0.750. The third-order valence-electron chi connectivity index (χ3n) is 7.08. The van der Waals surface area contributed by atoms with Gasteiger partial charge in [0.15, 0.2) is 5.78 Å². The number of carbonyl (C=O) groups is 1. The summed E-state index contributed by atoms with van der Waals surface area (Å²) in [6.07, 6.45) is -0.880. The Morgan fingerprint density at radius 2 is 1.84 bits per heavy atom. The quantitative estimate of drug-likeness (QED) is 0.492. The Morgan fingerprint density at radius 3 is 2.44 bits per heavy atom. The lowest BCUT2D eigenvalue weighted by atomic mass is 9.77. The van der Waals surface area contributed by atoms with E-state index in [2.05, 4.69) is 20.4 Å². The fourth-order valence-electron chi connectivity index (χ4n) is 5.15. The van der Waals surface area contributed by atoms with E-state index >= 15 is 0 Å². The van der Waals surface area contributed by atoms with Gasteiger partial charge in [0.25, 0.3) is 0 Å². The molecule has 5 heteroatoms. The van der Waals surface area contributed by atoms with Gasteiger partial charge in [0.2, 0.25) is 0 Å². The largest absolute Gasteiger partial charge is 0.392 e. The van der Waals surface area contributed by atoms with E-state index in [0.717, 1.165) is 0 Å². The van der Waals surface area contributed by atoms with Gasteiger partial charge in [-0.15, -0.1) is 0 Å². The molecule has 0 spiro atoms. The first kappa shape index (κ1) is 18.8. The predicted octanol–water partition coefficient (Wildman–Crippen LogP) is 1.20. The van der Waals surface area contributed by atoms with Crippen LogP contribution in [0.5, 0.6) is 0 Å². The van der Waals surface area contributed by atoms with Crippen molar-refractivity contribution in [1.82, 2.24) is 0 Å². The maximum absolute atomic E-state index is 13.0. The van der Waals surface area contributed by atoms with Gasteiger partial charge in [-0.05, 0) is 54.1 Å². The standard InChI is InChI=1S/C20H30O5/c1-9-6-12-13(19(12,4)5)7-14(21)11(3)17(23)15-16(22)10(2)8-20(15,25)18(9)24/h6,10,12-17,21-23,25H,3,7-8H2,1-2,4-5H3/b9-6-/t10-,12+,13-,14+,15?,16-,17+,20+/m0/s1. The van der Waals surface area contributed by atoms with Gasteiger partial charge in [-0.2, -0.15) is 0 Å². The molecule has 0 radical (unpaired) electrons. The molecule has 3 aliphatic rings. The normalized spacial score (nSPS) is 51.8. The van der Waals surface area contributed by atoms with Gasteiger partial charge in [-0.25, -0.2) is 0 Å². The van der Waals surface area contributed by atoms with Gasteiger partial charge in [0.05, 0.1) is 24.2 Å². The number of aliphatic hydroxyl groups excluding tert-OH is 3. The molecule has 0 aromatic rings. The zero-order chi connectivity index (χ0) is 18.9. The molecule has 0 aliphatic heterocycles. The van der Waals surface area contributed by atoms with Gasteiger partial charge < -0.3 is 20.4 Å². The molecule has 0 aromatic carbocycles. The van der Waals surface area contributed by atoms with E-state index in [9.17, 15) is 25.2 Å². The molecule has 3 aliphatic carbocycles. The molecular formula is C20H30O5. The van der Waals surface area contributed by atoms with Gasteiger partial charge in [-0.1, -0.05) is 33.4 Å². The van der Waals surface area contributed by atoms with Crippen molar-refractivity contribution in [2.75, 3.05) is 0 Å². The van der Waals surface area contributed by atoms with Crippen LogP contribution < -0.4 is 0 Å². The monoisotopic (exact) mass is 350 g/mol. The molecule has 8 atom stereocenters. The highest BCUT2D eigenvalue weighted by atomic mass is 16.3. The fourth-order valence-corrected chi connectivity index (χ4v) is 5.15. The van der Waals surface area contributed by atoms with Crippen molar-refractivity contribution in [3.63, 3.8) is 0 Å². The number of carbonyl (C=O) groups excluding carboxylic acids is 1. The molecule has 140 valence electrons. The first-order valence-electron chi connectivity index (χ1n) is 9.11. The van der Waals surface area contributed by atoms with E-state index in [1.54, 1.807) is 13.8 Å². The first-order valence-corrected chi connectivity index (χ1v) is 9.11. The Morgan fingerprint density at radius 1 is 1.24 bits per heavy atom. The summed E-state index contributed by atoms with van der Waals surface area (Å²) < 4.78 is 0. The maximum atomic E-state index is 13.0. The molecule has 0 amide bonds. The average molecular weight is 350 g/mol. The third kappa shape index (κ3) is 2.64. The van der Waals surface area contributed by atoms with Gasteiger partial charge in [0, 0.05) is 0 Å². The predicted molar refractivity (Wildman–Crippen MR) is 93.5 cm³/mol. The van der Waals surface area contributed by atoms with Crippen LogP contribution in [0, 0.1) is 29.1 Å². The zero-order valence-electron chi connectivity index (χ0n) is 15.4. The van der Waals surface area contributed by atoms with E-state index in [0.29, 0.717) is 12.0 Å². The van der Waals surface area contributed by atoms with E-state index in [4.69, 9.17) is 0 Å². The van der Waals surface area contributed by atoms with Crippen molar-refractivity contribution in [1.29, 1.82) is 0 Å². The second-order valence-electron chi connectivity index (χ2n) is 9.03. The number of rotatable bonds is 0. The average Bonchev–Trinajstić information content (AvgIpc) is 2.92. The topological polar surface area (TPSA) is 98.0 Å². The van der Waals surface area contributed by atoms with Crippen LogP contribution in [0.25, 0.3) is 0 Å². The molecule has 25 heavy (non-hydrogen) atoms. The number of hydrogen-bond acceptors (Lipinski definition) is 5. The SMILES string of the molecule is C=C1[C@H](O)C[C@H]2[C@@H](/C=C(/C)C(=O)[C@@]3(O)C[C@H](C)[C@H](O)C3[C@@H]1O)C2(C)C. The second kappa shape index (κ2) is 5.74. The first-order chi connectivity index (χ1) is 11.4. The number of aliphatic hydroxyl groups is 4. The van der Waals surface area contributed by atoms with Crippen LogP contribution in [0.15, 0.2) is 23.8 Å². The van der Waals surface area contributed by atoms with Crippen LogP contribution in [0.2, 0.25) is 0 Å². The molecular weight excluding hydrogens is 320 g/mol. The van der Waals surface area contributed by atoms with Crippen molar-refractivity contribution >= 4 is 5.78 Å². The van der Waals surface area contributed by atoms with E-state index in [-0.39, 0.29) is 35.2 Å². The minimum absolute atomic E-state index is 0.0442. The number of fused-ring (bicyclic) bond motifs is 2. The maximum Gasteiger partial charge on any atom is 0.190 e. The van der Waals surface area contributed by atoms with Crippen molar-refractivity contribution in [3.05, 3.63) is 23.8 Å². The Balaban J connectivity index is 2.08. The molecule has 5 nitrogen and oxygen atoms in total. The summed E-state index contributed by atoms with van der Waals surface area (Å²) in [5.41, 5.74) is -1.26. The Kier molecular flexibility index (Phi) is 4.31. The van der Waals surface area contributed by atoms with Crippen molar-refractivity contribution in [2.45, 2.75) is 64.4 Å². The van der Waals surface area contributed by atoms with Crippen LogP contribution >= 0.6 is 0 Å². The number of hydrogen-bond donors (Lipinski definition) is 4. The van der Waals surface area contributed by atoms with Crippen LogP contribution in [-0.4, -0.2) is 50.1 Å². The summed E-state index contributed by atoms with van der Waals surface area (Å²) in [5.74, 6) is -1.53. The summed E-state index contributed by atoms with van der Waals surface area (Å²) in [5, 5.41) is 43.0. The minimum atomic E-state index is -1.85. The lowest BCUT2D eigenvalue weighted by molar-refractivity contribution is -0.144. The van der Waals surface area contributed by atoms with Gasteiger partial charge in [0.1, 0.15) is 5.60 Å². The highest BCUT2D eigenvalue weighted by Gasteiger charge is 2.61. The van der Waals surface area contributed by atoms with Crippen LogP contribution in [0.3, 0.4) is 0 Å². The molecule has 0 aromatic heterocycles. The molecule has 4 N–H and O–H groups in total. The lowest BCUT2D eigenvalue weighted by Gasteiger charge is -2.35. The van der Waals surface area contributed by atoms with Crippen LogP contribution in [0.4, 0.5) is 0 Å². The van der Waals surface area contributed by atoms with E-state index < -0.39 is 35.6 Å². The van der Waals surface area contributed by atoms with Crippen LogP contribution in [0.1, 0.15) is 40.5 Å². The molecule has 2 fully saturated rings. The number of Topliss-reactive ketones (excluding diaryl/α,β-unsaturated/α-hetero) is 1. The summed E-state index contributed by atoms with van der Waals surface area (Å²) in [6.45, 7) is 11.4. The number of allylic oxidation sites excluding steroid dienone is 1. The Bertz CT molecular complexity index is 636. The second-order valence-corrected chi connectivity index (χ2v) is 9.03. The summed E-state index contributed by atoms with van der Waals surface area (Å²) in [4.78, 5) is 13.0. The van der Waals surface area contributed by atoms with Crippen molar-refractivity contribution in [3.8, 4) is 0 Å². The molecule has 0 saturated heterocycles. The molecule has 0 bridgehead atoms. The molecule has 2 saturated carbocycles. The van der Waals surface area contributed by atoms with Gasteiger partial charge >= 0.3 is 0 Å². The Labute approximate surface area is 149 Å². The molecule has 3 rings (SSSR count). The highest BCUT2D eigenvalue weighted by Crippen LogP contribution is 2.62. The third-order valence-corrected chi connectivity index (χ3v) is 7.08. The minimum Gasteiger partial charge on any atom is -0.392 e. The van der Waals surface area contributed by atoms with E-state index in [1.807, 2.05) is 6.08 Å². The van der Waals surface area contributed by atoms with E-state index in [1.165, 1.54) is 0 Å². The summed E-state index contributed by atoms with van der Waals surface area (Å²) in [7, 11) is 0. The highest BCUT2D eigenvalue weighted by molar-refractivity contribution is 6.02. The lowest BCUT2D eigenvalue weighted by Crippen LogP contribution is -2.51. The Hall–Kier alpha value is -1.01. The van der Waals surface area contributed by atoms with Gasteiger partial charge in [-0.3, -0.25) is 4.79 Å². The molecule has 0 heterocycles. The van der Waals surface area contributed by atoms with Crippen LogP contribution in [-0.2, 0) is 4.79 Å². The molecule has 1 unspecified atom stereocenters. The van der Waals surface area contributed by atoms with Crippen molar-refractivity contribution < 1.29 is 25.2 Å². The smallest absolute Gasteiger partial charge is 0.190 e. The number of ketones is 1.